The maximum absolute atomic E-state index is 10.6. The summed E-state index contributed by atoms with van der Waals surface area (Å²) >= 11 is 5.93. The second-order valence-corrected chi connectivity index (χ2v) is 7.45. The topological polar surface area (TPSA) is 80.7 Å². The van der Waals surface area contributed by atoms with E-state index in [9.17, 15) is 13.2 Å². The van der Waals surface area contributed by atoms with Gasteiger partial charge >= 0.3 is 12.1 Å². The van der Waals surface area contributed by atoms with E-state index >= 15 is 0 Å². The van der Waals surface area contributed by atoms with Crippen LogP contribution in [-0.2, 0) is 10.6 Å². The molecule has 1 aromatic carbocycles. The largest absolute Gasteiger partial charge is 0.490 e. The van der Waals surface area contributed by atoms with E-state index in [1.807, 2.05) is 25.1 Å². The number of para-hydroxylation sites is 1. The minimum atomic E-state index is -5.08. The van der Waals surface area contributed by atoms with E-state index in [-0.39, 0.29) is 0 Å². The molecule has 2 N–H and O–H groups in total. The quantitative estimate of drug-likeness (QED) is 0.711. The molecule has 0 saturated carbocycles. The fourth-order valence-corrected chi connectivity index (χ4v) is 3.46. The Balaban J connectivity index is 0.000000318. The van der Waals surface area contributed by atoms with Gasteiger partial charge in [-0.1, -0.05) is 23.7 Å². The first-order chi connectivity index (χ1) is 14.1. The van der Waals surface area contributed by atoms with Gasteiger partial charge in [0.05, 0.1) is 5.02 Å². The molecule has 0 aliphatic carbocycles. The summed E-state index contributed by atoms with van der Waals surface area (Å²) in [7, 11) is 0. The summed E-state index contributed by atoms with van der Waals surface area (Å²) in [6, 6.07) is 9.80. The van der Waals surface area contributed by atoms with Crippen LogP contribution in [0.5, 0.6) is 11.5 Å². The Bertz CT molecular complexity index is 902. The molecule has 0 amide bonds. The highest BCUT2D eigenvalue weighted by atomic mass is 35.5. The van der Waals surface area contributed by atoms with E-state index in [1.165, 1.54) is 5.56 Å². The van der Waals surface area contributed by atoms with Crippen molar-refractivity contribution in [1.82, 2.24) is 10.3 Å². The van der Waals surface area contributed by atoms with Crippen LogP contribution in [-0.4, -0.2) is 35.3 Å². The van der Waals surface area contributed by atoms with Crippen LogP contribution in [0.15, 0.2) is 36.5 Å². The van der Waals surface area contributed by atoms with Crippen LogP contribution >= 0.6 is 11.6 Å². The molecule has 1 fully saturated rings. The van der Waals surface area contributed by atoms with Gasteiger partial charge in [-0.25, -0.2) is 4.79 Å². The van der Waals surface area contributed by atoms with Gasteiger partial charge in [-0.2, -0.15) is 13.2 Å². The summed E-state index contributed by atoms with van der Waals surface area (Å²) in [6.45, 7) is 3.99. The number of hydrogen-bond acceptors (Lipinski definition) is 5. The number of carboxylic acid groups (broad SMARTS) is 1. The molecule has 1 atom stereocenters. The van der Waals surface area contributed by atoms with Crippen LogP contribution < -0.4 is 14.8 Å². The van der Waals surface area contributed by atoms with Crippen molar-refractivity contribution >= 4 is 17.6 Å². The Kier molecular flexibility index (Phi) is 6.42. The standard InChI is InChI=1S/C18H19ClN2O2.C2HF3O2/c1-18(16-6-5-13(19)11-21-16)22-15-4-2-3-14(17(15)23-18)12-7-9-20-10-8-12;3-2(4,5)1(6)7/h2-6,11-12,20H,7-10H2,1H3;(H,6,7). The number of hydrogen-bond donors (Lipinski definition) is 2. The molecule has 2 aliphatic heterocycles. The number of carbonyl (C=O) groups is 1. The van der Waals surface area contributed by atoms with Gasteiger partial charge in [0.1, 0.15) is 5.69 Å². The van der Waals surface area contributed by atoms with Gasteiger partial charge in [0.2, 0.25) is 0 Å². The number of halogens is 4. The Labute approximate surface area is 176 Å². The van der Waals surface area contributed by atoms with Crippen LogP contribution in [0.3, 0.4) is 0 Å². The number of benzene rings is 1. The first-order valence-electron chi connectivity index (χ1n) is 9.24. The van der Waals surface area contributed by atoms with Crippen molar-refractivity contribution < 1.29 is 32.5 Å². The summed E-state index contributed by atoms with van der Waals surface area (Å²) in [5.74, 6) is -1.50. The summed E-state index contributed by atoms with van der Waals surface area (Å²) in [4.78, 5) is 13.3. The lowest BCUT2D eigenvalue weighted by Crippen LogP contribution is -2.32. The molecule has 1 aromatic heterocycles. The van der Waals surface area contributed by atoms with E-state index in [0.29, 0.717) is 10.9 Å². The molecular weight excluding hydrogens is 425 g/mol. The van der Waals surface area contributed by atoms with E-state index in [0.717, 1.165) is 43.1 Å². The van der Waals surface area contributed by atoms with E-state index < -0.39 is 17.9 Å². The highest BCUT2D eigenvalue weighted by Crippen LogP contribution is 2.48. The van der Waals surface area contributed by atoms with Crippen LogP contribution in [0.1, 0.15) is 36.9 Å². The number of rotatable bonds is 2. The molecule has 2 aliphatic rings. The second kappa shape index (κ2) is 8.69. The number of nitrogens with one attached hydrogen (secondary N) is 1. The van der Waals surface area contributed by atoms with Gasteiger partial charge in [-0.15, -0.1) is 0 Å². The Morgan fingerprint density at radius 1 is 1.23 bits per heavy atom. The van der Waals surface area contributed by atoms with Crippen molar-refractivity contribution in [2.75, 3.05) is 13.1 Å². The van der Waals surface area contributed by atoms with Crippen molar-refractivity contribution in [3.63, 3.8) is 0 Å². The van der Waals surface area contributed by atoms with Crippen molar-refractivity contribution in [1.29, 1.82) is 0 Å². The molecular formula is C20H20ClF3N2O4. The molecule has 162 valence electrons. The number of nitrogens with zero attached hydrogens (tertiary/aromatic N) is 1. The van der Waals surface area contributed by atoms with Gasteiger partial charge in [-0.05, 0) is 50.0 Å². The lowest BCUT2D eigenvalue weighted by atomic mass is 9.89. The maximum atomic E-state index is 10.6. The van der Waals surface area contributed by atoms with Crippen LogP contribution in [0.25, 0.3) is 0 Å². The first-order valence-corrected chi connectivity index (χ1v) is 9.62. The molecule has 2 aromatic rings. The lowest BCUT2D eigenvalue weighted by molar-refractivity contribution is -0.192. The molecule has 30 heavy (non-hydrogen) atoms. The zero-order valence-corrected chi connectivity index (χ0v) is 16.8. The zero-order valence-electron chi connectivity index (χ0n) is 16.0. The van der Waals surface area contributed by atoms with Crippen LogP contribution in [0.4, 0.5) is 13.2 Å². The van der Waals surface area contributed by atoms with Crippen LogP contribution in [0, 0.1) is 0 Å². The normalized spacial score (nSPS) is 21.0. The third-order valence-corrected chi connectivity index (χ3v) is 5.05. The summed E-state index contributed by atoms with van der Waals surface area (Å²) < 4.78 is 44.1. The number of pyridine rings is 1. The Morgan fingerprint density at radius 3 is 2.47 bits per heavy atom. The number of carboxylic acids is 1. The van der Waals surface area contributed by atoms with Crippen LogP contribution in [0.2, 0.25) is 5.02 Å². The average molecular weight is 445 g/mol. The van der Waals surface area contributed by atoms with Gasteiger partial charge in [0, 0.05) is 18.7 Å². The predicted octanol–water partition coefficient (Wildman–Crippen LogP) is 4.48. The van der Waals surface area contributed by atoms with Crippen molar-refractivity contribution in [3.8, 4) is 11.5 Å². The molecule has 4 rings (SSSR count). The monoisotopic (exact) mass is 444 g/mol. The minimum Gasteiger partial charge on any atom is -0.475 e. The molecule has 0 spiro atoms. The third-order valence-electron chi connectivity index (χ3n) is 4.83. The lowest BCUT2D eigenvalue weighted by Gasteiger charge is -2.25. The SMILES string of the molecule is CC1(c2ccc(Cl)cn2)Oc2cccc(C3CCNCC3)c2O1.O=C(O)C(F)(F)F. The molecule has 0 bridgehead atoms. The number of alkyl halides is 3. The van der Waals surface area contributed by atoms with Crippen molar-refractivity contribution in [2.45, 2.75) is 37.6 Å². The molecule has 1 unspecified atom stereocenters. The maximum Gasteiger partial charge on any atom is 0.490 e. The van der Waals surface area contributed by atoms with E-state index in [4.69, 9.17) is 31.0 Å². The average Bonchev–Trinajstić information content (AvgIpc) is 3.06. The van der Waals surface area contributed by atoms with Crippen molar-refractivity contribution in [2.24, 2.45) is 0 Å². The molecule has 1 saturated heterocycles. The molecule has 10 heteroatoms. The Hall–Kier alpha value is -2.52. The van der Waals surface area contributed by atoms with Gasteiger partial charge in [0.25, 0.3) is 5.79 Å². The van der Waals surface area contributed by atoms with Gasteiger partial charge in [0.15, 0.2) is 11.5 Å². The molecule has 0 radical (unpaired) electrons. The van der Waals surface area contributed by atoms with E-state index in [2.05, 4.69) is 16.4 Å². The minimum absolute atomic E-state index is 0.510. The predicted molar refractivity (Wildman–Crippen MR) is 103 cm³/mol. The summed E-state index contributed by atoms with van der Waals surface area (Å²) in [5.41, 5.74) is 1.95. The molecule has 3 heterocycles. The zero-order chi connectivity index (χ0) is 21.9. The first kappa shape index (κ1) is 22.2. The number of fused-ring (bicyclic) bond motifs is 1. The smallest absolute Gasteiger partial charge is 0.475 e. The fourth-order valence-electron chi connectivity index (χ4n) is 3.35. The number of aliphatic carboxylic acids is 1. The third kappa shape index (κ3) is 4.96. The van der Waals surface area contributed by atoms with E-state index in [1.54, 1.807) is 12.3 Å². The number of aromatic nitrogens is 1. The fraction of sp³-hybridized carbons (Fsp3) is 0.400. The summed E-state index contributed by atoms with van der Waals surface area (Å²) in [5, 5.41) is 11.1. The Morgan fingerprint density at radius 2 is 1.90 bits per heavy atom. The number of piperidine rings is 1. The molecule has 6 nitrogen and oxygen atoms in total. The van der Waals surface area contributed by atoms with Gasteiger partial charge < -0.3 is 19.9 Å². The highest BCUT2D eigenvalue weighted by Gasteiger charge is 2.42. The number of ether oxygens (including phenoxy) is 2. The second-order valence-electron chi connectivity index (χ2n) is 7.01. The van der Waals surface area contributed by atoms with Gasteiger partial charge in [-0.3, -0.25) is 4.98 Å². The highest BCUT2D eigenvalue weighted by molar-refractivity contribution is 6.30. The summed E-state index contributed by atoms with van der Waals surface area (Å²) in [6.07, 6.45) is -1.23. The van der Waals surface area contributed by atoms with Crippen molar-refractivity contribution in [3.05, 3.63) is 52.8 Å².